The number of anilines is 1. The van der Waals surface area contributed by atoms with Crippen LogP contribution in [-0.2, 0) is 4.79 Å². The molecule has 1 amide bonds. The number of amides is 1. The number of hydrogen-bond donors (Lipinski definition) is 1. The number of carbonyl (C=O) groups excluding carboxylic acids is 1. The Morgan fingerprint density at radius 3 is 2.48 bits per heavy atom. The van der Waals surface area contributed by atoms with E-state index in [1.165, 1.54) is 11.8 Å². The number of carbonyl (C=O) groups is 1. The molecule has 0 saturated carbocycles. The first-order chi connectivity index (χ1) is 12.0. The fourth-order valence-corrected chi connectivity index (χ4v) is 3.32. The van der Waals surface area contributed by atoms with Crippen molar-refractivity contribution in [3.63, 3.8) is 0 Å². The number of aryl methyl sites for hydroxylation is 1. The van der Waals surface area contributed by atoms with Gasteiger partial charge in [0.2, 0.25) is 5.91 Å². The van der Waals surface area contributed by atoms with Gasteiger partial charge < -0.3 is 5.32 Å². The summed E-state index contributed by atoms with van der Waals surface area (Å²) in [5.41, 5.74) is 3.45. The molecular weight excluding hydrogens is 354 g/mol. The lowest BCUT2D eigenvalue weighted by atomic mass is 10.3. The summed E-state index contributed by atoms with van der Waals surface area (Å²) in [5, 5.41) is 8.21. The van der Waals surface area contributed by atoms with Gasteiger partial charge >= 0.3 is 0 Å². The van der Waals surface area contributed by atoms with Crippen molar-refractivity contribution in [1.29, 1.82) is 0 Å². The number of rotatable bonds is 5. The number of hydrogen-bond acceptors (Lipinski definition) is 3. The van der Waals surface area contributed by atoms with Crippen molar-refractivity contribution in [1.82, 2.24) is 9.78 Å². The number of nitrogens with zero attached hydrogens (tertiary/aromatic N) is 2. The summed E-state index contributed by atoms with van der Waals surface area (Å²) in [7, 11) is 0. The Hall–Kier alpha value is -2.24. The quantitative estimate of drug-likeness (QED) is 0.650. The zero-order valence-corrected chi connectivity index (χ0v) is 15.6. The first-order valence-electron chi connectivity index (χ1n) is 7.84. The van der Waals surface area contributed by atoms with Crippen molar-refractivity contribution in [3.05, 3.63) is 71.0 Å². The number of halogens is 1. The first-order valence-corrected chi connectivity index (χ1v) is 9.21. The Labute approximate surface area is 156 Å². The molecule has 0 aliphatic heterocycles. The monoisotopic (exact) mass is 371 g/mol. The summed E-state index contributed by atoms with van der Waals surface area (Å²) in [5.74, 6) is 0.274. The second-order valence-corrected chi connectivity index (χ2v) is 7.07. The molecule has 0 atom stereocenters. The van der Waals surface area contributed by atoms with Gasteiger partial charge in [0.05, 0.1) is 28.5 Å². The average Bonchev–Trinajstić information content (AvgIpc) is 2.90. The van der Waals surface area contributed by atoms with E-state index in [0.29, 0.717) is 10.8 Å². The van der Waals surface area contributed by atoms with Crippen LogP contribution >= 0.6 is 23.4 Å². The van der Waals surface area contributed by atoms with E-state index in [0.717, 1.165) is 27.7 Å². The maximum Gasteiger partial charge on any atom is 0.234 e. The molecule has 2 aromatic carbocycles. The molecule has 0 unspecified atom stereocenters. The van der Waals surface area contributed by atoms with Gasteiger partial charge in [-0.05, 0) is 50.2 Å². The lowest BCUT2D eigenvalue weighted by Crippen LogP contribution is -2.15. The molecule has 128 valence electrons. The van der Waals surface area contributed by atoms with E-state index in [1.807, 2.05) is 73.1 Å². The molecule has 3 aromatic rings. The molecular formula is C19H18ClN3OS. The zero-order valence-electron chi connectivity index (χ0n) is 14.0. The smallest absolute Gasteiger partial charge is 0.234 e. The minimum atomic E-state index is -0.0567. The van der Waals surface area contributed by atoms with Gasteiger partial charge in [-0.2, -0.15) is 5.10 Å². The third kappa shape index (κ3) is 4.24. The highest BCUT2D eigenvalue weighted by molar-refractivity contribution is 8.00. The topological polar surface area (TPSA) is 46.9 Å². The number of nitrogens with one attached hydrogen (secondary N) is 1. The highest BCUT2D eigenvalue weighted by atomic mass is 35.5. The van der Waals surface area contributed by atoms with Gasteiger partial charge in [0.1, 0.15) is 0 Å². The fraction of sp³-hybridized carbons (Fsp3) is 0.158. The Morgan fingerprint density at radius 2 is 1.80 bits per heavy atom. The van der Waals surface area contributed by atoms with E-state index in [-0.39, 0.29) is 5.91 Å². The van der Waals surface area contributed by atoms with E-state index < -0.39 is 0 Å². The molecule has 0 bridgehead atoms. The Morgan fingerprint density at radius 1 is 1.12 bits per heavy atom. The summed E-state index contributed by atoms with van der Waals surface area (Å²) in [6, 6.07) is 17.3. The molecule has 1 heterocycles. The predicted molar refractivity (Wildman–Crippen MR) is 104 cm³/mol. The fourth-order valence-electron chi connectivity index (χ4n) is 2.50. The molecule has 0 radical (unpaired) electrons. The Balaban J connectivity index is 1.69. The van der Waals surface area contributed by atoms with Crippen LogP contribution in [0.5, 0.6) is 0 Å². The summed E-state index contributed by atoms with van der Waals surface area (Å²) in [6.07, 6.45) is 0. The molecule has 0 saturated heterocycles. The van der Waals surface area contributed by atoms with Crippen LogP contribution < -0.4 is 5.32 Å². The van der Waals surface area contributed by atoms with E-state index >= 15 is 0 Å². The van der Waals surface area contributed by atoms with Gasteiger partial charge in [-0.25, -0.2) is 4.68 Å². The van der Waals surface area contributed by atoms with Crippen molar-refractivity contribution < 1.29 is 4.79 Å². The second-order valence-electron chi connectivity index (χ2n) is 5.58. The molecule has 1 aromatic heterocycles. The standard InChI is InChI=1S/C19H18ClN3OS/c1-13-19(14(2)23(22-13)16-6-4-3-5-7-16)21-18(24)12-25-17-10-8-15(20)9-11-17/h3-11H,12H2,1-2H3,(H,21,24). The Kier molecular flexibility index (Phi) is 5.46. The van der Waals surface area contributed by atoms with Crippen LogP contribution in [0.2, 0.25) is 5.02 Å². The minimum absolute atomic E-state index is 0.0567. The van der Waals surface area contributed by atoms with Gasteiger partial charge in [0.25, 0.3) is 0 Å². The van der Waals surface area contributed by atoms with Gasteiger partial charge in [0.15, 0.2) is 0 Å². The molecule has 6 heteroatoms. The van der Waals surface area contributed by atoms with Crippen LogP contribution in [-0.4, -0.2) is 21.4 Å². The van der Waals surface area contributed by atoms with Crippen LogP contribution in [0.4, 0.5) is 5.69 Å². The lowest BCUT2D eigenvalue weighted by molar-refractivity contribution is -0.113. The molecule has 0 spiro atoms. The van der Waals surface area contributed by atoms with Crippen molar-refractivity contribution in [2.24, 2.45) is 0 Å². The lowest BCUT2D eigenvalue weighted by Gasteiger charge is -2.07. The van der Waals surface area contributed by atoms with E-state index in [2.05, 4.69) is 10.4 Å². The summed E-state index contributed by atoms with van der Waals surface area (Å²) >= 11 is 7.35. The first kappa shape index (κ1) is 17.6. The van der Waals surface area contributed by atoms with E-state index in [4.69, 9.17) is 11.6 Å². The molecule has 0 aliphatic carbocycles. The molecule has 3 rings (SSSR count). The number of thioether (sulfide) groups is 1. The largest absolute Gasteiger partial charge is 0.322 e. The SMILES string of the molecule is Cc1nn(-c2ccccc2)c(C)c1NC(=O)CSc1ccc(Cl)cc1. The van der Waals surface area contributed by atoms with E-state index in [1.54, 1.807) is 0 Å². The predicted octanol–water partition coefficient (Wildman–Crippen LogP) is 4.87. The summed E-state index contributed by atoms with van der Waals surface area (Å²) < 4.78 is 1.84. The van der Waals surface area contributed by atoms with Crippen LogP contribution in [0.3, 0.4) is 0 Å². The molecule has 1 N–H and O–H groups in total. The van der Waals surface area contributed by atoms with Crippen LogP contribution in [0, 0.1) is 13.8 Å². The van der Waals surface area contributed by atoms with Gasteiger partial charge in [-0.15, -0.1) is 11.8 Å². The molecule has 4 nitrogen and oxygen atoms in total. The van der Waals surface area contributed by atoms with Gasteiger partial charge in [-0.3, -0.25) is 4.79 Å². The summed E-state index contributed by atoms with van der Waals surface area (Å²) in [4.78, 5) is 13.3. The highest BCUT2D eigenvalue weighted by Crippen LogP contribution is 2.24. The van der Waals surface area contributed by atoms with Crippen molar-refractivity contribution in [2.75, 3.05) is 11.1 Å². The van der Waals surface area contributed by atoms with Crippen molar-refractivity contribution in [3.8, 4) is 5.69 Å². The van der Waals surface area contributed by atoms with Crippen LogP contribution in [0.15, 0.2) is 59.5 Å². The third-order valence-electron chi connectivity index (χ3n) is 3.74. The van der Waals surface area contributed by atoms with Crippen LogP contribution in [0.25, 0.3) is 5.69 Å². The highest BCUT2D eigenvalue weighted by Gasteiger charge is 2.15. The number of benzene rings is 2. The third-order valence-corrected chi connectivity index (χ3v) is 5.00. The van der Waals surface area contributed by atoms with E-state index in [9.17, 15) is 4.79 Å². The number of para-hydroxylation sites is 1. The molecule has 25 heavy (non-hydrogen) atoms. The van der Waals surface area contributed by atoms with Crippen LogP contribution in [0.1, 0.15) is 11.4 Å². The minimum Gasteiger partial charge on any atom is -0.322 e. The maximum atomic E-state index is 12.3. The van der Waals surface area contributed by atoms with Gasteiger partial charge in [-0.1, -0.05) is 29.8 Å². The van der Waals surface area contributed by atoms with Crippen molar-refractivity contribution in [2.45, 2.75) is 18.7 Å². The maximum absolute atomic E-state index is 12.3. The zero-order chi connectivity index (χ0) is 17.8. The van der Waals surface area contributed by atoms with Gasteiger partial charge in [0, 0.05) is 9.92 Å². The Bertz CT molecular complexity index is 876. The number of aromatic nitrogens is 2. The summed E-state index contributed by atoms with van der Waals surface area (Å²) in [6.45, 7) is 3.85. The normalized spacial score (nSPS) is 10.7. The average molecular weight is 372 g/mol. The second kappa shape index (κ2) is 7.76. The van der Waals surface area contributed by atoms with Crippen molar-refractivity contribution >= 4 is 35.0 Å². The molecule has 0 aliphatic rings. The molecule has 0 fully saturated rings.